The van der Waals surface area contributed by atoms with Crippen LogP contribution in [0.25, 0.3) is 6.08 Å². The number of halogens is 2. The van der Waals surface area contributed by atoms with E-state index in [9.17, 15) is 9.18 Å². The number of amidine groups is 1. The lowest BCUT2D eigenvalue weighted by Gasteiger charge is -2.15. The fourth-order valence-electron chi connectivity index (χ4n) is 4.02. The zero-order valence-electron chi connectivity index (χ0n) is 21.3. The standard InChI is InChI=1S/C32H26BrFN2O2S/c1-22-7-14-27(15-8-22)35-32-36(18-17-23-5-3-2-4-6-23)31(37)30(39-32)20-25-11-16-29(28(33)19-25)38-21-24-9-12-26(34)13-10-24/h2-16,19-20H,17-18,21H2,1H3/b30-20+,35-32?. The van der Waals surface area contributed by atoms with E-state index in [0.717, 1.165) is 33.3 Å². The molecule has 1 saturated heterocycles. The van der Waals surface area contributed by atoms with Gasteiger partial charge in [-0.3, -0.25) is 9.69 Å². The molecule has 1 aliphatic rings. The van der Waals surface area contributed by atoms with Crippen molar-refractivity contribution in [3.63, 3.8) is 0 Å². The third-order valence-corrected chi connectivity index (χ3v) is 7.80. The van der Waals surface area contributed by atoms with Crippen molar-refractivity contribution >= 4 is 50.5 Å². The molecule has 1 amide bonds. The Morgan fingerprint density at radius 2 is 1.69 bits per heavy atom. The first-order valence-electron chi connectivity index (χ1n) is 12.5. The number of ether oxygens (including phenoxy) is 1. The van der Waals surface area contributed by atoms with Gasteiger partial charge in [0.05, 0.1) is 15.1 Å². The fourth-order valence-corrected chi connectivity index (χ4v) is 5.56. The Labute approximate surface area is 240 Å². The number of benzene rings is 4. The summed E-state index contributed by atoms with van der Waals surface area (Å²) in [6.45, 7) is 2.90. The summed E-state index contributed by atoms with van der Waals surface area (Å²) >= 11 is 4.97. The molecule has 1 heterocycles. The monoisotopic (exact) mass is 600 g/mol. The smallest absolute Gasteiger partial charge is 0.266 e. The molecule has 5 rings (SSSR count). The summed E-state index contributed by atoms with van der Waals surface area (Å²) in [5.41, 5.74) is 4.88. The van der Waals surface area contributed by atoms with Crippen LogP contribution in [0.2, 0.25) is 0 Å². The van der Waals surface area contributed by atoms with E-state index in [4.69, 9.17) is 9.73 Å². The molecule has 0 unspecified atom stereocenters. The Hall–Kier alpha value is -3.68. The second-order valence-electron chi connectivity index (χ2n) is 9.14. The quantitative estimate of drug-likeness (QED) is 0.191. The molecular formula is C32H26BrFN2O2S. The van der Waals surface area contributed by atoms with Crippen molar-refractivity contribution in [3.05, 3.63) is 135 Å². The molecule has 0 saturated carbocycles. The van der Waals surface area contributed by atoms with Gasteiger partial charge in [0.1, 0.15) is 18.2 Å². The van der Waals surface area contributed by atoms with Gasteiger partial charge in [0.25, 0.3) is 5.91 Å². The Balaban J connectivity index is 1.35. The summed E-state index contributed by atoms with van der Waals surface area (Å²) in [5, 5.41) is 0.671. The van der Waals surface area contributed by atoms with Gasteiger partial charge in [0.15, 0.2) is 5.17 Å². The van der Waals surface area contributed by atoms with Gasteiger partial charge in [-0.15, -0.1) is 0 Å². The minimum Gasteiger partial charge on any atom is -0.488 e. The van der Waals surface area contributed by atoms with E-state index in [0.29, 0.717) is 29.0 Å². The third kappa shape index (κ3) is 7.05. The zero-order chi connectivity index (χ0) is 27.2. The van der Waals surface area contributed by atoms with Crippen LogP contribution in [0.1, 0.15) is 22.3 Å². The minimum absolute atomic E-state index is 0.0606. The maximum absolute atomic E-state index is 13.5. The van der Waals surface area contributed by atoms with Crippen LogP contribution in [0.4, 0.5) is 10.1 Å². The van der Waals surface area contributed by atoms with Crippen LogP contribution < -0.4 is 4.74 Å². The summed E-state index contributed by atoms with van der Waals surface area (Å²) in [6.07, 6.45) is 2.62. The summed E-state index contributed by atoms with van der Waals surface area (Å²) < 4.78 is 19.8. The highest BCUT2D eigenvalue weighted by atomic mass is 79.9. The van der Waals surface area contributed by atoms with Crippen molar-refractivity contribution in [2.75, 3.05) is 6.54 Å². The largest absolute Gasteiger partial charge is 0.488 e. The molecule has 0 atom stereocenters. The van der Waals surface area contributed by atoms with Crippen molar-refractivity contribution in [2.45, 2.75) is 20.0 Å². The van der Waals surface area contributed by atoms with Crippen LogP contribution in [0, 0.1) is 12.7 Å². The number of aryl methyl sites for hydroxylation is 1. The Bertz CT molecular complexity index is 1520. The van der Waals surface area contributed by atoms with E-state index >= 15 is 0 Å². The molecule has 196 valence electrons. The fraction of sp³-hybridized carbons (Fsp3) is 0.125. The highest BCUT2D eigenvalue weighted by molar-refractivity contribution is 9.10. The van der Waals surface area contributed by atoms with Gasteiger partial charge >= 0.3 is 0 Å². The van der Waals surface area contributed by atoms with Gasteiger partial charge in [-0.25, -0.2) is 9.38 Å². The molecule has 1 aliphatic heterocycles. The van der Waals surface area contributed by atoms with E-state index in [1.54, 1.807) is 17.0 Å². The molecule has 0 spiro atoms. The first kappa shape index (κ1) is 26.9. The van der Waals surface area contributed by atoms with Crippen molar-refractivity contribution in [2.24, 2.45) is 4.99 Å². The van der Waals surface area contributed by atoms with Crippen LogP contribution in [0.5, 0.6) is 5.75 Å². The lowest BCUT2D eigenvalue weighted by atomic mass is 10.1. The number of nitrogens with zero attached hydrogens (tertiary/aromatic N) is 2. The predicted octanol–water partition coefficient (Wildman–Crippen LogP) is 8.32. The van der Waals surface area contributed by atoms with E-state index < -0.39 is 0 Å². The number of carbonyl (C=O) groups excluding carboxylic acids is 1. The van der Waals surface area contributed by atoms with Gasteiger partial charge in [0, 0.05) is 6.54 Å². The molecule has 0 aliphatic carbocycles. The lowest BCUT2D eigenvalue weighted by Crippen LogP contribution is -2.31. The average Bonchev–Trinajstić information content (AvgIpc) is 3.23. The molecular weight excluding hydrogens is 575 g/mol. The molecule has 1 fully saturated rings. The van der Waals surface area contributed by atoms with E-state index in [1.807, 2.05) is 73.7 Å². The molecule has 0 bridgehead atoms. The number of hydrogen-bond donors (Lipinski definition) is 0. The maximum Gasteiger partial charge on any atom is 0.266 e. The topological polar surface area (TPSA) is 41.9 Å². The number of amides is 1. The van der Waals surface area contributed by atoms with Crippen LogP contribution in [-0.4, -0.2) is 22.5 Å². The maximum atomic E-state index is 13.5. The number of hydrogen-bond acceptors (Lipinski definition) is 4. The SMILES string of the molecule is Cc1ccc(N=C2S/C(=C/c3ccc(OCc4ccc(F)cc4)c(Br)c3)C(=O)N2CCc2ccccc2)cc1. The Morgan fingerprint density at radius 3 is 2.41 bits per heavy atom. The molecule has 0 N–H and O–H groups in total. The zero-order valence-corrected chi connectivity index (χ0v) is 23.7. The van der Waals surface area contributed by atoms with Gasteiger partial charge in [0.2, 0.25) is 0 Å². The molecule has 4 nitrogen and oxygen atoms in total. The van der Waals surface area contributed by atoms with Gasteiger partial charge < -0.3 is 4.74 Å². The Morgan fingerprint density at radius 1 is 0.949 bits per heavy atom. The number of thioether (sulfide) groups is 1. The highest BCUT2D eigenvalue weighted by Crippen LogP contribution is 2.35. The Kier molecular flexibility index (Phi) is 8.59. The minimum atomic E-state index is -0.276. The molecule has 4 aromatic rings. The molecule has 0 aromatic heterocycles. The van der Waals surface area contributed by atoms with Crippen molar-refractivity contribution < 1.29 is 13.9 Å². The van der Waals surface area contributed by atoms with Gasteiger partial charge in [-0.1, -0.05) is 66.2 Å². The van der Waals surface area contributed by atoms with Crippen molar-refractivity contribution in [1.82, 2.24) is 4.90 Å². The van der Waals surface area contributed by atoms with E-state index in [-0.39, 0.29) is 11.7 Å². The predicted molar refractivity (Wildman–Crippen MR) is 161 cm³/mol. The number of aliphatic imine (C=N–C) groups is 1. The first-order chi connectivity index (χ1) is 18.9. The van der Waals surface area contributed by atoms with E-state index in [2.05, 4.69) is 28.1 Å². The second-order valence-corrected chi connectivity index (χ2v) is 11.0. The first-order valence-corrected chi connectivity index (χ1v) is 14.1. The normalized spacial score (nSPS) is 15.4. The summed E-state index contributed by atoms with van der Waals surface area (Å²) in [7, 11) is 0. The van der Waals surface area contributed by atoms with E-state index in [1.165, 1.54) is 29.5 Å². The summed E-state index contributed by atoms with van der Waals surface area (Å²) in [5.74, 6) is 0.329. The van der Waals surface area contributed by atoms with Crippen LogP contribution in [0.3, 0.4) is 0 Å². The summed E-state index contributed by atoms with van der Waals surface area (Å²) in [6, 6.07) is 30.0. The second kappa shape index (κ2) is 12.5. The van der Waals surface area contributed by atoms with Gasteiger partial charge in [-0.05, 0) is 100 Å². The average molecular weight is 602 g/mol. The number of carbonyl (C=O) groups is 1. The number of rotatable bonds is 8. The molecule has 7 heteroatoms. The van der Waals surface area contributed by atoms with Crippen molar-refractivity contribution in [1.29, 1.82) is 0 Å². The lowest BCUT2D eigenvalue weighted by molar-refractivity contribution is -0.122. The third-order valence-electron chi connectivity index (χ3n) is 6.18. The summed E-state index contributed by atoms with van der Waals surface area (Å²) in [4.78, 5) is 20.7. The van der Waals surface area contributed by atoms with Crippen LogP contribution in [-0.2, 0) is 17.8 Å². The van der Waals surface area contributed by atoms with Gasteiger partial charge in [-0.2, -0.15) is 0 Å². The molecule has 39 heavy (non-hydrogen) atoms. The van der Waals surface area contributed by atoms with Crippen LogP contribution >= 0.6 is 27.7 Å². The molecule has 4 aromatic carbocycles. The van der Waals surface area contributed by atoms with Crippen LogP contribution in [0.15, 0.2) is 111 Å². The van der Waals surface area contributed by atoms with Crippen molar-refractivity contribution in [3.8, 4) is 5.75 Å². The molecule has 0 radical (unpaired) electrons. The highest BCUT2D eigenvalue weighted by Gasteiger charge is 2.33.